The number of rotatable bonds is 5. The quantitative estimate of drug-likeness (QED) is 0.721. The SMILES string of the molecule is O=C1C(=O)N(Cc2ccccc2)c2ccc(S(=O)(=O)N3CCC[C@H]3CF)cc21. The summed E-state index contributed by atoms with van der Waals surface area (Å²) in [7, 11) is -3.93. The van der Waals surface area contributed by atoms with Crippen molar-refractivity contribution in [1.82, 2.24) is 4.31 Å². The lowest BCUT2D eigenvalue weighted by Crippen LogP contribution is -2.36. The van der Waals surface area contributed by atoms with Gasteiger partial charge in [0.05, 0.1) is 28.7 Å². The van der Waals surface area contributed by atoms with Crippen LogP contribution in [0.1, 0.15) is 28.8 Å². The molecule has 2 aromatic carbocycles. The molecule has 0 saturated carbocycles. The lowest BCUT2D eigenvalue weighted by molar-refractivity contribution is -0.114. The van der Waals surface area contributed by atoms with Crippen LogP contribution in [0.2, 0.25) is 0 Å². The summed E-state index contributed by atoms with van der Waals surface area (Å²) in [5.41, 5.74) is 1.32. The Hall–Kier alpha value is -2.58. The third-order valence-corrected chi connectivity index (χ3v) is 7.18. The van der Waals surface area contributed by atoms with Crippen molar-refractivity contribution in [1.29, 1.82) is 0 Å². The molecule has 2 aromatic rings. The van der Waals surface area contributed by atoms with E-state index < -0.39 is 34.4 Å². The summed E-state index contributed by atoms with van der Waals surface area (Å²) >= 11 is 0. The molecule has 1 amide bonds. The molecule has 2 aliphatic rings. The second-order valence-corrected chi connectivity index (χ2v) is 8.84. The van der Waals surface area contributed by atoms with Crippen LogP contribution in [0.4, 0.5) is 10.1 Å². The fourth-order valence-corrected chi connectivity index (χ4v) is 5.48. The van der Waals surface area contributed by atoms with E-state index >= 15 is 0 Å². The highest BCUT2D eigenvalue weighted by atomic mass is 32.2. The van der Waals surface area contributed by atoms with Crippen molar-refractivity contribution in [3.63, 3.8) is 0 Å². The van der Waals surface area contributed by atoms with E-state index in [-0.39, 0.29) is 23.5 Å². The van der Waals surface area contributed by atoms with Gasteiger partial charge in [0, 0.05) is 6.54 Å². The molecule has 8 heteroatoms. The average Bonchev–Trinajstić information content (AvgIpc) is 3.28. The molecule has 1 fully saturated rings. The summed E-state index contributed by atoms with van der Waals surface area (Å²) < 4.78 is 40.2. The number of anilines is 1. The molecule has 0 spiro atoms. The lowest BCUT2D eigenvalue weighted by Gasteiger charge is -2.22. The van der Waals surface area contributed by atoms with Gasteiger partial charge < -0.3 is 4.90 Å². The van der Waals surface area contributed by atoms with E-state index in [1.807, 2.05) is 30.3 Å². The first-order chi connectivity index (χ1) is 13.4. The second-order valence-electron chi connectivity index (χ2n) is 6.95. The van der Waals surface area contributed by atoms with Gasteiger partial charge in [0.1, 0.15) is 6.67 Å². The van der Waals surface area contributed by atoms with Crippen LogP contribution < -0.4 is 4.90 Å². The Kier molecular flexibility index (Phi) is 4.76. The minimum Gasteiger partial charge on any atom is -0.300 e. The van der Waals surface area contributed by atoms with E-state index in [0.29, 0.717) is 18.5 Å². The molecule has 1 atom stereocenters. The molecule has 0 radical (unpaired) electrons. The number of nitrogens with zero attached hydrogens (tertiary/aromatic N) is 2. The maximum absolute atomic E-state index is 13.2. The van der Waals surface area contributed by atoms with Crippen LogP contribution in [0.5, 0.6) is 0 Å². The van der Waals surface area contributed by atoms with Gasteiger partial charge in [-0.15, -0.1) is 0 Å². The Bertz CT molecular complexity index is 1040. The van der Waals surface area contributed by atoms with Crippen molar-refractivity contribution in [3.8, 4) is 0 Å². The van der Waals surface area contributed by atoms with Crippen molar-refractivity contribution in [3.05, 3.63) is 59.7 Å². The van der Waals surface area contributed by atoms with Crippen molar-refractivity contribution >= 4 is 27.4 Å². The maximum atomic E-state index is 13.2. The third kappa shape index (κ3) is 3.02. The molecular formula is C20H19FN2O4S. The van der Waals surface area contributed by atoms with Crippen LogP contribution in [0.3, 0.4) is 0 Å². The number of alkyl halides is 1. The number of halogens is 1. The third-order valence-electron chi connectivity index (χ3n) is 5.23. The zero-order valence-corrected chi connectivity index (χ0v) is 15.9. The van der Waals surface area contributed by atoms with Gasteiger partial charge in [-0.25, -0.2) is 12.8 Å². The van der Waals surface area contributed by atoms with Gasteiger partial charge in [-0.05, 0) is 36.6 Å². The van der Waals surface area contributed by atoms with Crippen LogP contribution in [-0.2, 0) is 21.4 Å². The number of sulfonamides is 1. The zero-order chi connectivity index (χ0) is 19.9. The number of hydrogen-bond donors (Lipinski definition) is 0. The van der Waals surface area contributed by atoms with E-state index in [1.54, 1.807) is 0 Å². The molecule has 0 unspecified atom stereocenters. The molecule has 1 saturated heterocycles. The number of carbonyl (C=O) groups is 2. The molecule has 0 bridgehead atoms. The normalized spacial score (nSPS) is 20.0. The minimum absolute atomic E-state index is 0.0676. The first-order valence-corrected chi connectivity index (χ1v) is 10.5. The maximum Gasteiger partial charge on any atom is 0.299 e. The zero-order valence-electron chi connectivity index (χ0n) is 15.0. The second kappa shape index (κ2) is 7.10. The highest BCUT2D eigenvalue weighted by Gasteiger charge is 2.39. The van der Waals surface area contributed by atoms with E-state index in [1.165, 1.54) is 23.1 Å². The summed E-state index contributed by atoms with van der Waals surface area (Å²) in [6, 6.07) is 12.7. The molecule has 2 heterocycles. The van der Waals surface area contributed by atoms with Crippen molar-refractivity contribution < 1.29 is 22.4 Å². The predicted molar refractivity (Wildman–Crippen MR) is 101 cm³/mol. The number of hydrogen-bond acceptors (Lipinski definition) is 4. The molecular weight excluding hydrogens is 383 g/mol. The van der Waals surface area contributed by atoms with Crippen LogP contribution in [0.25, 0.3) is 0 Å². The van der Waals surface area contributed by atoms with E-state index in [9.17, 15) is 22.4 Å². The monoisotopic (exact) mass is 402 g/mol. The molecule has 4 rings (SSSR count). The van der Waals surface area contributed by atoms with Crippen molar-refractivity contribution in [2.45, 2.75) is 30.3 Å². The van der Waals surface area contributed by atoms with Crippen LogP contribution in [0.15, 0.2) is 53.4 Å². The van der Waals surface area contributed by atoms with E-state index in [4.69, 9.17) is 0 Å². The van der Waals surface area contributed by atoms with Gasteiger partial charge in [0.25, 0.3) is 11.7 Å². The summed E-state index contributed by atoms with van der Waals surface area (Å²) in [4.78, 5) is 26.2. The van der Waals surface area contributed by atoms with Crippen molar-refractivity contribution in [2.24, 2.45) is 0 Å². The summed E-state index contributed by atoms with van der Waals surface area (Å²) in [5, 5.41) is 0. The number of carbonyl (C=O) groups excluding carboxylic acids is 2. The average molecular weight is 402 g/mol. The highest BCUT2D eigenvalue weighted by molar-refractivity contribution is 7.89. The lowest BCUT2D eigenvalue weighted by atomic mass is 10.1. The van der Waals surface area contributed by atoms with Gasteiger partial charge in [0.15, 0.2) is 0 Å². The van der Waals surface area contributed by atoms with Gasteiger partial charge in [-0.2, -0.15) is 4.31 Å². The standard InChI is InChI=1S/C20H19FN2O4S/c21-12-15-7-4-10-23(15)28(26,27)16-8-9-18-17(11-16)19(24)20(25)22(18)13-14-5-2-1-3-6-14/h1-3,5-6,8-9,11,15H,4,7,10,12-13H2/t15-/m0/s1. The molecule has 2 aliphatic heterocycles. The molecule has 6 nitrogen and oxygen atoms in total. The van der Waals surface area contributed by atoms with Crippen LogP contribution in [0, 0.1) is 0 Å². The molecule has 0 aliphatic carbocycles. The Labute approximate surface area is 162 Å². The first-order valence-electron chi connectivity index (χ1n) is 9.05. The number of benzene rings is 2. The first kappa shape index (κ1) is 18.8. The van der Waals surface area contributed by atoms with Crippen molar-refractivity contribution in [2.75, 3.05) is 18.1 Å². The fraction of sp³-hybridized carbons (Fsp3) is 0.300. The smallest absolute Gasteiger partial charge is 0.299 e. The van der Waals surface area contributed by atoms with Crippen LogP contribution >= 0.6 is 0 Å². The van der Waals surface area contributed by atoms with Gasteiger partial charge in [0.2, 0.25) is 10.0 Å². The topological polar surface area (TPSA) is 74.8 Å². The number of Topliss-reactive ketones (excluding diaryl/α,β-unsaturated/α-hetero) is 1. The Morgan fingerprint density at radius 2 is 1.82 bits per heavy atom. The van der Waals surface area contributed by atoms with Gasteiger partial charge in [-0.1, -0.05) is 30.3 Å². The molecule has 0 N–H and O–H groups in total. The number of amides is 1. The Morgan fingerprint density at radius 1 is 1.07 bits per heavy atom. The van der Waals surface area contributed by atoms with Gasteiger partial charge >= 0.3 is 0 Å². The molecule has 146 valence electrons. The minimum atomic E-state index is -3.93. The van der Waals surface area contributed by atoms with E-state index in [2.05, 4.69) is 0 Å². The molecule has 0 aromatic heterocycles. The fourth-order valence-electron chi connectivity index (χ4n) is 3.78. The predicted octanol–water partition coefficient (Wildman–Crippen LogP) is 2.54. The van der Waals surface area contributed by atoms with Gasteiger partial charge in [-0.3, -0.25) is 9.59 Å². The summed E-state index contributed by atoms with van der Waals surface area (Å²) in [6.07, 6.45) is 1.07. The Balaban J connectivity index is 1.69. The summed E-state index contributed by atoms with van der Waals surface area (Å²) in [6.45, 7) is -0.270. The number of fused-ring (bicyclic) bond motifs is 1. The highest BCUT2D eigenvalue weighted by Crippen LogP contribution is 2.34. The molecule has 28 heavy (non-hydrogen) atoms. The Morgan fingerprint density at radius 3 is 2.54 bits per heavy atom. The van der Waals surface area contributed by atoms with E-state index in [0.717, 1.165) is 9.87 Å². The summed E-state index contributed by atoms with van der Waals surface area (Å²) in [5.74, 6) is -1.41. The largest absolute Gasteiger partial charge is 0.300 e. The number of ketones is 1. The van der Waals surface area contributed by atoms with Crippen LogP contribution in [-0.4, -0.2) is 43.7 Å².